The van der Waals surface area contributed by atoms with Crippen LogP contribution >= 0.6 is 0 Å². The molecule has 1 aromatic carbocycles. The first kappa shape index (κ1) is 20.1. The highest BCUT2D eigenvalue weighted by atomic mass is 32.2. The number of sulfone groups is 1. The highest BCUT2D eigenvalue weighted by Gasteiger charge is 2.62. The smallest absolute Gasteiger partial charge is 0.179 e. The van der Waals surface area contributed by atoms with Crippen molar-refractivity contribution in [1.29, 1.82) is 0 Å². The van der Waals surface area contributed by atoms with E-state index < -0.39 is 9.84 Å². The molecule has 0 saturated heterocycles. The summed E-state index contributed by atoms with van der Waals surface area (Å²) in [6.07, 6.45) is 5.68. The van der Waals surface area contributed by atoms with Crippen molar-refractivity contribution in [1.82, 2.24) is 0 Å². The highest BCUT2D eigenvalue weighted by molar-refractivity contribution is 7.91. The summed E-state index contributed by atoms with van der Waals surface area (Å²) in [4.78, 5) is 0.416. The lowest BCUT2D eigenvalue weighted by molar-refractivity contribution is -0.0984. The molecule has 0 spiro atoms. The van der Waals surface area contributed by atoms with Gasteiger partial charge < -0.3 is 9.47 Å². The first-order chi connectivity index (χ1) is 13.0. The van der Waals surface area contributed by atoms with Crippen molar-refractivity contribution in [3.05, 3.63) is 17.7 Å². The van der Waals surface area contributed by atoms with Gasteiger partial charge in [0.1, 0.15) is 11.5 Å². The lowest BCUT2D eigenvalue weighted by Crippen LogP contribution is -2.59. The summed E-state index contributed by atoms with van der Waals surface area (Å²) < 4.78 is 38.0. The Bertz CT molecular complexity index is 903. The first-order valence-corrected chi connectivity index (χ1v) is 12.1. The molecule has 1 aliphatic heterocycles. The minimum atomic E-state index is -3.40. The Morgan fingerprint density at radius 3 is 2.32 bits per heavy atom. The fraction of sp³-hybridized carbons (Fsp3) is 0.739. The van der Waals surface area contributed by atoms with Gasteiger partial charge in [-0.1, -0.05) is 34.1 Å². The van der Waals surface area contributed by atoms with Gasteiger partial charge in [0.05, 0.1) is 24.9 Å². The summed E-state index contributed by atoms with van der Waals surface area (Å²) in [5, 5.41) is 0. The van der Waals surface area contributed by atoms with Crippen LogP contribution < -0.4 is 9.47 Å². The van der Waals surface area contributed by atoms with Crippen molar-refractivity contribution in [2.45, 2.75) is 70.1 Å². The molecule has 0 N–H and O–H groups in total. The number of fused-ring (bicyclic) bond motifs is 5. The van der Waals surface area contributed by atoms with Crippen molar-refractivity contribution >= 4 is 9.84 Å². The van der Waals surface area contributed by atoms with E-state index in [1.807, 2.05) is 6.07 Å². The van der Waals surface area contributed by atoms with Gasteiger partial charge in [0.15, 0.2) is 9.84 Å². The third-order valence-electron chi connectivity index (χ3n) is 8.58. The lowest BCUT2D eigenvalue weighted by atomic mass is 9.43. The number of methoxy groups -OCH3 is 2. The van der Waals surface area contributed by atoms with E-state index >= 15 is 0 Å². The van der Waals surface area contributed by atoms with Crippen LogP contribution in [0.25, 0.3) is 0 Å². The van der Waals surface area contributed by atoms with Crippen molar-refractivity contribution in [3.8, 4) is 11.5 Å². The van der Waals surface area contributed by atoms with Crippen LogP contribution in [0.4, 0.5) is 0 Å². The molecular formula is C23H34O4S. The number of rotatable bonds is 2. The fourth-order valence-electron chi connectivity index (χ4n) is 7.29. The standard InChI is InChI=1S/C23H34O4S/c1-21(2)9-7-10-22(3)18(21)8-11-23(4)19(22)14-28(24,25)17-13-15(26-5)12-16(27-6)20(17)23/h12-13,18-19H,7-11,14H2,1-6H3/t18-,19+,22-,23+/m0/s1. The number of ether oxygens (including phenoxy) is 2. The summed E-state index contributed by atoms with van der Waals surface area (Å²) in [5.74, 6) is 2.10. The Hall–Kier alpha value is -1.23. The maximum absolute atomic E-state index is 13.5. The molecule has 0 unspecified atom stereocenters. The normalized spacial score (nSPS) is 37.9. The zero-order valence-corrected chi connectivity index (χ0v) is 18.9. The van der Waals surface area contributed by atoms with E-state index in [1.165, 1.54) is 12.8 Å². The zero-order valence-electron chi connectivity index (χ0n) is 18.1. The van der Waals surface area contributed by atoms with Crippen LogP contribution in [-0.4, -0.2) is 28.4 Å². The number of hydrogen-bond donors (Lipinski definition) is 0. The molecule has 3 aliphatic rings. The molecule has 2 fully saturated rings. The third kappa shape index (κ3) is 2.57. The lowest BCUT2D eigenvalue weighted by Gasteiger charge is -2.63. The predicted molar refractivity (Wildman–Crippen MR) is 111 cm³/mol. The molecular weight excluding hydrogens is 372 g/mol. The van der Waals surface area contributed by atoms with E-state index in [2.05, 4.69) is 27.7 Å². The van der Waals surface area contributed by atoms with E-state index in [1.54, 1.807) is 20.3 Å². The minimum absolute atomic E-state index is 0.0322. The third-order valence-corrected chi connectivity index (χ3v) is 10.3. The van der Waals surface area contributed by atoms with Crippen LogP contribution in [0.5, 0.6) is 11.5 Å². The van der Waals surface area contributed by atoms with E-state index in [-0.39, 0.29) is 27.9 Å². The summed E-state index contributed by atoms with van der Waals surface area (Å²) in [5.41, 5.74) is 0.985. The molecule has 0 aromatic heterocycles. The van der Waals surface area contributed by atoms with Gasteiger partial charge in [-0.15, -0.1) is 0 Å². The van der Waals surface area contributed by atoms with Gasteiger partial charge >= 0.3 is 0 Å². The van der Waals surface area contributed by atoms with E-state index in [0.717, 1.165) is 24.8 Å². The Balaban J connectivity index is 1.95. The average molecular weight is 407 g/mol. The number of benzene rings is 1. The van der Waals surface area contributed by atoms with Gasteiger partial charge in [-0.3, -0.25) is 0 Å². The Morgan fingerprint density at radius 2 is 1.68 bits per heavy atom. The second kappa shape index (κ2) is 6.13. The number of hydrogen-bond acceptors (Lipinski definition) is 4. The molecule has 5 heteroatoms. The van der Waals surface area contributed by atoms with Gasteiger partial charge in [0.25, 0.3) is 0 Å². The van der Waals surface area contributed by atoms with Crippen LogP contribution in [0.2, 0.25) is 0 Å². The second-order valence-electron chi connectivity index (χ2n) is 10.4. The van der Waals surface area contributed by atoms with Crippen molar-refractivity contribution in [3.63, 3.8) is 0 Å². The van der Waals surface area contributed by atoms with Gasteiger partial charge in [-0.25, -0.2) is 8.42 Å². The van der Waals surface area contributed by atoms with E-state index in [9.17, 15) is 8.42 Å². The van der Waals surface area contributed by atoms with Crippen LogP contribution in [0.15, 0.2) is 17.0 Å². The Morgan fingerprint density at radius 1 is 0.964 bits per heavy atom. The van der Waals surface area contributed by atoms with E-state index in [4.69, 9.17) is 9.47 Å². The van der Waals surface area contributed by atoms with Crippen molar-refractivity contribution in [2.24, 2.45) is 22.7 Å². The van der Waals surface area contributed by atoms with E-state index in [0.29, 0.717) is 22.3 Å². The van der Waals surface area contributed by atoms with Crippen LogP contribution in [0.1, 0.15) is 65.4 Å². The Kier molecular flexibility index (Phi) is 4.39. The summed E-state index contributed by atoms with van der Waals surface area (Å²) in [6, 6.07) is 3.55. The molecule has 28 heavy (non-hydrogen) atoms. The maximum atomic E-state index is 13.5. The van der Waals surface area contributed by atoms with Gasteiger partial charge in [0, 0.05) is 17.0 Å². The monoisotopic (exact) mass is 406 g/mol. The average Bonchev–Trinajstić information content (AvgIpc) is 2.62. The molecule has 0 radical (unpaired) electrons. The van der Waals surface area contributed by atoms with Gasteiger partial charge in [-0.05, 0) is 54.4 Å². The second-order valence-corrected chi connectivity index (χ2v) is 12.4. The van der Waals surface area contributed by atoms with Gasteiger partial charge in [0.2, 0.25) is 0 Å². The first-order valence-electron chi connectivity index (χ1n) is 10.5. The van der Waals surface area contributed by atoms with Crippen molar-refractivity contribution < 1.29 is 17.9 Å². The molecule has 156 valence electrons. The summed E-state index contributed by atoms with van der Waals surface area (Å²) in [6.45, 7) is 9.42. The Labute approximate surface area is 169 Å². The SMILES string of the molecule is COc1cc(OC)c2c(c1)S(=O)(=O)C[C@@H]1[C@@]3(C)CCCC(C)(C)[C@@H]3CC[C@@]21C. The van der Waals surface area contributed by atoms with Crippen LogP contribution in [-0.2, 0) is 15.3 Å². The summed E-state index contributed by atoms with van der Waals surface area (Å²) in [7, 11) is -0.204. The quantitative estimate of drug-likeness (QED) is 0.694. The molecule has 0 bridgehead atoms. The molecule has 2 saturated carbocycles. The zero-order chi connectivity index (χ0) is 20.5. The fourth-order valence-corrected chi connectivity index (χ4v) is 9.59. The maximum Gasteiger partial charge on any atom is 0.179 e. The predicted octanol–water partition coefficient (Wildman–Crippen LogP) is 4.99. The van der Waals surface area contributed by atoms with Crippen LogP contribution in [0.3, 0.4) is 0 Å². The molecule has 1 aromatic rings. The molecule has 1 heterocycles. The highest BCUT2D eigenvalue weighted by Crippen LogP contribution is 2.67. The topological polar surface area (TPSA) is 52.6 Å². The molecule has 4 rings (SSSR count). The van der Waals surface area contributed by atoms with Crippen LogP contribution in [0, 0.1) is 22.7 Å². The molecule has 2 aliphatic carbocycles. The summed E-state index contributed by atoms with van der Waals surface area (Å²) >= 11 is 0. The van der Waals surface area contributed by atoms with Gasteiger partial charge in [-0.2, -0.15) is 0 Å². The van der Waals surface area contributed by atoms with Crippen molar-refractivity contribution in [2.75, 3.05) is 20.0 Å². The minimum Gasteiger partial charge on any atom is -0.497 e. The molecule has 4 atom stereocenters. The largest absolute Gasteiger partial charge is 0.497 e. The molecule has 0 amide bonds. The molecule has 4 nitrogen and oxygen atoms in total.